The van der Waals surface area contributed by atoms with Gasteiger partial charge in [0.25, 0.3) is 0 Å². The highest BCUT2D eigenvalue weighted by Gasteiger charge is 2.51. The third-order valence-electron chi connectivity index (χ3n) is 4.34. The highest BCUT2D eigenvalue weighted by Crippen LogP contribution is 2.43. The fraction of sp³-hybridized carbons (Fsp3) is 0.583. The lowest BCUT2D eigenvalue weighted by Crippen LogP contribution is -2.38. The summed E-state index contributed by atoms with van der Waals surface area (Å²) in [7, 11) is -4.89. The maximum absolute atomic E-state index is 12.4. The van der Waals surface area contributed by atoms with E-state index in [0.29, 0.717) is 16.3 Å². The zero-order chi connectivity index (χ0) is 19.2. The smallest absolute Gasteiger partial charge is 0.418 e. The number of carbonyl (C=O) groups excluding carboxylic acids is 1. The van der Waals surface area contributed by atoms with E-state index in [1.807, 2.05) is 0 Å². The van der Waals surface area contributed by atoms with Gasteiger partial charge in [-0.15, -0.1) is 4.28 Å². The van der Waals surface area contributed by atoms with Crippen molar-refractivity contribution in [2.24, 2.45) is 11.5 Å². The van der Waals surface area contributed by atoms with Gasteiger partial charge in [-0.1, -0.05) is 0 Å². The van der Waals surface area contributed by atoms with E-state index < -0.39 is 40.5 Å². The average Bonchev–Trinajstić information content (AvgIpc) is 3.08. The number of urea groups is 1. The molecular formula is C12H18N6O7S. The third-order valence-corrected chi connectivity index (χ3v) is 4.69. The number of carboxylic acid groups (broad SMARTS) is 1. The molecule has 3 atom stereocenters. The molecule has 3 heterocycles. The third kappa shape index (κ3) is 3.24. The van der Waals surface area contributed by atoms with Crippen molar-refractivity contribution in [3.63, 3.8) is 0 Å². The summed E-state index contributed by atoms with van der Waals surface area (Å²) in [6.45, 7) is 0.359. The van der Waals surface area contributed by atoms with Crippen LogP contribution in [0.4, 0.5) is 4.79 Å². The molecule has 2 aliphatic rings. The Hall–Kier alpha value is -2.26. The zero-order valence-electron chi connectivity index (χ0n) is 13.4. The lowest BCUT2D eigenvalue weighted by molar-refractivity contribution is -0.138. The number of nitrogens with zero attached hydrogens (tertiary/aromatic N) is 4. The molecule has 1 fully saturated rings. The number of aliphatic carboxylic acids is 1. The van der Waals surface area contributed by atoms with Crippen molar-refractivity contribution in [1.29, 1.82) is 0 Å². The molecule has 2 amide bonds. The number of hydrogen-bond donors (Lipinski definition) is 4. The number of hydrogen-bond acceptors (Lipinski definition) is 8. The standard InChI is InChI=1S/C12H18N6O7S/c13-3-8-10-6(4-16(15-10)2-1-7(14)11(19)20)9-5-17(8)12(21)18(9)25-26(22,23)24/h4,7-9H,1-3,5,13-14H2,(H,19,20)(H,22,23,24)/t7?,8-,9-/m1/s1. The molecular weight excluding hydrogens is 372 g/mol. The summed E-state index contributed by atoms with van der Waals surface area (Å²) in [5.41, 5.74) is 12.2. The van der Waals surface area contributed by atoms with Gasteiger partial charge in [0.05, 0.1) is 18.3 Å². The Labute approximate surface area is 148 Å². The first-order chi connectivity index (χ1) is 12.1. The number of carbonyl (C=O) groups is 2. The van der Waals surface area contributed by atoms with Gasteiger partial charge in [0.15, 0.2) is 0 Å². The summed E-state index contributed by atoms with van der Waals surface area (Å²) in [6.07, 6.45) is 1.69. The Kier molecular flexibility index (Phi) is 4.61. The highest BCUT2D eigenvalue weighted by molar-refractivity contribution is 7.80. The fourth-order valence-corrected chi connectivity index (χ4v) is 3.50. The topological polar surface area (TPSA) is 194 Å². The summed E-state index contributed by atoms with van der Waals surface area (Å²) in [5, 5.41) is 13.8. The Balaban J connectivity index is 1.90. The van der Waals surface area contributed by atoms with Gasteiger partial charge in [-0.3, -0.25) is 14.0 Å². The average molecular weight is 390 g/mol. The van der Waals surface area contributed by atoms with Crippen LogP contribution < -0.4 is 11.5 Å². The van der Waals surface area contributed by atoms with Gasteiger partial charge in [-0.2, -0.15) is 18.6 Å². The van der Waals surface area contributed by atoms with Gasteiger partial charge in [0, 0.05) is 24.8 Å². The number of hydroxylamine groups is 2. The second kappa shape index (κ2) is 6.48. The number of carboxylic acids is 1. The number of fused-ring (bicyclic) bond motifs is 4. The van der Waals surface area contributed by atoms with Crippen LogP contribution in [-0.4, -0.2) is 69.0 Å². The second-order valence-electron chi connectivity index (χ2n) is 6.00. The molecule has 144 valence electrons. The molecule has 1 aromatic heterocycles. The number of amides is 2. The predicted octanol–water partition coefficient (Wildman–Crippen LogP) is -1.79. The summed E-state index contributed by atoms with van der Waals surface area (Å²) in [5.74, 6) is -1.13. The largest absolute Gasteiger partial charge is 0.480 e. The molecule has 0 radical (unpaired) electrons. The van der Waals surface area contributed by atoms with E-state index in [-0.39, 0.29) is 26.1 Å². The van der Waals surface area contributed by atoms with Crippen molar-refractivity contribution < 1.29 is 31.9 Å². The van der Waals surface area contributed by atoms with Gasteiger partial charge in [0.1, 0.15) is 12.1 Å². The van der Waals surface area contributed by atoms with Crippen LogP contribution in [0.1, 0.15) is 29.8 Å². The first-order valence-electron chi connectivity index (χ1n) is 7.65. The van der Waals surface area contributed by atoms with E-state index in [1.54, 1.807) is 6.20 Å². The van der Waals surface area contributed by atoms with Gasteiger partial charge < -0.3 is 21.5 Å². The van der Waals surface area contributed by atoms with Crippen LogP contribution in [0.15, 0.2) is 6.20 Å². The van der Waals surface area contributed by atoms with Crippen LogP contribution in [0.2, 0.25) is 0 Å². The molecule has 1 aromatic rings. The lowest BCUT2D eigenvalue weighted by Gasteiger charge is -2.28. The van der Waals surface area contributed by atoms with Crippen molar-refractivity contribution in [2.45, 2.75) is 31.1 Å². The quantitative estimate of drug-likeness (QED) is 0.386. The number of aromatic nitrogens is 2. The first-order valence-corrected chi connectivity index (χ1v) is 9.01. The molecule has 13 nitrogen and oxygen atoms in total. The number of rotatable bonds is 7. The van der Waals surface area contributed by atoms with E-state index in [1.165, 1.54) is 9.58 Å². The highest BCUT2D eigenvalue weighted by atomic mass is 32.3. The van der Waals surface area contributed by atoms with Gasteiger partial charge in [-0.05, 0) is 6.42 Å². The summed E-state index contributed by atoms with van der Waals surface area (Å²) in [4.78, 5) is 24.5. The van der Waals surface area contributed by atoms with E-state index in [9.17, 15) is 18.0 Å². The van der Waals surface area contributed by atoms with Crippen LogP contribution in [-0.2, 0) is 26.0 Å². The van der Waals surface area contributed by atoms with E-state index in [2.05, 4.69) is 9.38 Å². The van der Waals surface area contributed by atoms with Crippen molar-refractivity contribution >= 4 is 22.4 Å². The lowest BCUT2D eigenvalue weighted by atomic mass is 9.98. The first kappa shape index (κ1) is 18.5. The van der Waals surface area contributed by atoms with E-state index in [0.717, 1.165) is 0 Å². The molecule has 0 aromatic carbocycles. The molecule has 2 bridgehead atoms. The molecule has 0 spiro atoms. The van der Waals surface area contributed by atoms with Gasteiger partial charge >= 0.3 is 22.4 Å². The van der Waals surface area contributed by atoms with Crippen molar-refractivity contribution in [2.75, 3.05) is 13.1 Å². The van der Waals surface area contributed by atoms with Crippen molar-refractivity contribution in [1.82, 2.24) is 19.7 Å². The summed E-state index contributed by atoms with van der Waals surface area (Å²) < 4.78 is 36.9. The van der Waals surface area contributed by atoms with Crippen LogP contribution in [0, 0.1) is 0 Å². The van der Waals surface area contributed by atoms with Gasteiger partial charge in [-0.25, -0.2) is 4.79 Å². The van der Waals surface area contributed by atoms with Crippen LogP contribution in [0.25, 0.3) is 0 Å². The summed E-state index contributed by atoms with van der Waals surface area (Å²) in [6, 6.07) is -3.20. The molecule has 14 heteroatoms. The SMILES string of the molecule is NC[C@@H]1c2nn(CCC(N)C(=O)O)cc2[C@H]2CN1C(=O)N2OS(=O)(=O)O. The second-order valence-corrected chi connectivity index (χ2v) is 7.00. The minimum absolute atomic E-state index is 0.0385. The molecule has 0 aliphatic carbocycles. The Morgan fingerprint density at radius 2 is 2.19 bits per heavy atom. The van der Waals surface area contributed by atoms with Crippen LogP contribution >= 0.6 is 0 Å². The zero-order valence-corrected chi connectivity index (χ0v) is 14.2. The van der Waals surface area contributed by atoms with Crippen LogP contribution in [0.3, 0.4) is 0 Å². The monoisotopic (exact) mass is 390 g/mol. The fourth-order valence-electron chi connectivity index (χ4n) is 3.13. The van der Waals surface area contributed by atoms with E-state index in [4.69, 9.17) is 21.1 Å². The van der Waals surface area contributed by atoms with E-state index >= 15 is 0 Å². The van der Waals surface area contributed by atoms with Crippen molar-refractivity contribution in [3.8, 4) is 0 Å². The molecule has 1 saturated heterocycles. The maximum Gasteiger partial charge on any atom is 0.418 e. The van der Waals surface area contributed by atoms with Gasteiger partial charge in [0.2, 0.25) is 0 Å². The van der Waals surface area contributed by atoms with Crippen LogP contribution in [0.5, 0.6) is 0 Å². The predicted molar refractivity (Wildman–Crippen MR) is 83.6 cm³/mol. The minimum atomic E-state index is -4.89. The molecule has 3 rings (SSSR count). The summed E-state index contributed by atoms with van der Waals surface area (Å²) >= 11 is 0. The Morgan fingerprint density at radius 3 is 2.77 bits per heavy atom. The Morgan fingerprint density at radius 1 is 1.50 bits per heavy atom. The number of nitrogens with two attached hydrogens (primary N) is 2. The van der Waals surface area contributed by atoms with Crippen molar-refractivity contribution in [3.05, 3.63) is 17.5 Å². The molecule has 0 saturated carbocycles. The molecule has 26 heavy (non-hydrogen) atoms. The Bertz CT molecular complexity index is 839. The molecule has 1 unspecified atom stereocenters. The normalized spacial score (nSPS) is 23.3. The maximum atomic E-state index is 12.4. The number of aryl methyl sites for hydroxylation is 1. The minimum Gasteiger partial charge on any atom is -0.480 e. The molecule has 6 N–H and O–H groups in total. The molecule has 2 aliphatic heterocycles.